The second kappa shape index (κ2) is 1.99. The maximum Gasteiger partial charge on any atom is 0.126 e. The Morgan fingerprint density at radius 1 is 1.86 bits per heavy atom. The first kappa shape index (κ1) is 4.66. The number of rotatable bonds is 0. The summed E-state index contributed by atoms with van der Waals surface area (Å²) >= 11 is 1.47. The molecule has 0 aromatic heterocycles. The third-order valence-electron chi connectivity index (χ3n) is 0.734. The van der Waals surface area contributed by atoms with Crippen molar-refractivity contribution in [2.24, 2.45) is 4.40 Å². The van der Waals surface area contributed by atoms with E-state index in [4.69, 9.17) is 5.26 Å². The number of hydrogen-bond donors (Lipinski definition) is 0. The van der Waals surface area contributed by atoms with Crippen LogP contribution in [0.3, 0.4) is 0 Å². The minimum Gasteiger partial charge on any atom is -0.210 e. The monoisotopic (exact) mass is 112 g/mol. The topological polar surface area (TPSA) is 36.1 Å². The molecule has 0 radical (unpaired) electrons. The third kappa shape index (κ3) is 0.937. The van der Waals surface area contributed by atoms with Crippen LogP contribution in [0.25, 0.3) is 0 Å². The van der Waals surface area contributed by atoms with Gasteiger partial charge in [0.1, 0.15) is 11.8 Å². The van der Waals surface area contributed by atoms with E-state index in [1.54, 1.807) is 0 Å². The molecule has 0 fully saturated rings. The normalized spacial score (nSPS) is 18.4. The molecule has 0 amide bonds. The summed E-state index contributed by atoms with van der Waals surface area (Å²) in [7, 11) is 0. The fourth-order valence-electron chi connectivity index (χ4n) is 0.388. The lowest BCUT2D eigenvalue weighted by Crippen LogP contribution is -1.85. The van der Waals surface area contributed by atoms with E-state index in [1.807, 2.05) is 6.07 Å². The molecule has 1 aliphatic heterocycles. The third-order valence-corrected chi connectivity index (χ3v) is 1.47. The van der Waals surface area contributed by atoms with E-state index in [9.17, 15) is 0 Å². The molecule has 0 saturated heterocycles. The van der Waals surface area contributed by atoms with Crippen LogP contribution >= 0.6 is 11.9 Å². The molecule has 1 heterocycles. The highest BCUT2D eigenvalue weighted by molar-refractivity contribution is 7.98. The smallest absolute Gasteiger partial charge is 0.126 e. The van der Waals surface area contributed by atoms with E-state index < -0.39 is 0 Å². The van der Waals surface area contributed by atoms with Crippen molar-refractivity contribution in [2.75, 3.05) is 5.75 Å². The zero-order valence-electron chi connectivity index (χ0n) is 3.72. The first-order valence-electron chi connectivity index (χ1n) is 2.02. The SMILES string of the molecule is N#CC1=NSCC1. The molecule has 0 unspecified atom stereocenters. The second-order valence-electron chi connectivity index (χ2n) is 1.23. The van der Waals surface area contributed by atoms with Gasteiger partial charge in [0.25, 0.3) is 0 Å². The van der Waals surface area contributed by atoms with Crippen molar-refractivity contribution in [3.8, 4) is 6.07 Å². The summed E-state index contributed by atoms with van der Waals surface area (Å²) in [5.41, 5.74) is 0.685. The van der Waals surface area contributed by atoms with E-state index >= 15 is 0 Å². The van der Waals surface area contributed by atoms with Crippen molar-refractivity contribution in [1.29, 1.82) is 5.26 Å². The summed E-state index contributed by atoms with van der Waals surface area (Å²) in [4.78, 5) is 0. The maximum absolute atomic E-state index is 8.17. The van der Waals surface area contributed by atoms with Crippen molar-refractivity contribution in [3.63, 3.8) is 0 Å². The Labute approximate surface area is 46.4 Å². The van der Waals surface area contributed by atoms with Gasteiger partial charge in [-0.1, -0.05) is 0 Å². The molecule has 2 nitrogen and oxygen atoms in total. The second-order valence-corrected chi connectivity index (χ2v) is 2.08. The van der Waals surface area contributed by atoms with Crippen LogP contribution in [0.2, 0.25) is 0 Å². The van der Waals surface area contributed by atoms with Gasteiger partial charge in [-0.05, 0) is 11.9 Å². The van der Waals surface area contributed by atoms with Crippen LogP contribution in [0.1, 0.15) is 6.42 Å². The summed E-state index contributed by atoms with van der Waals surface area (Å²) in [6.07, 6.45) is 0.862. The minimum atomic E-state index is 0.685. The molecule has 0 spiro atoms. The Balaban J connectivity index is 2.57. The van der Waals surface area contributed by atoms with Gasteiger partial charge in [0.05, 0.1) is 0 Å². The van der Waals surface area contributed by atoms with E-state index in [0.29, 0.717) is 5.71 Å². The first-order valence-corrected chi connectivity index (χ1v) is 2.96. The molecule has 0 N–H and O–H groups in total. The van der Waals surface area contributed by atoms with Gasteiger partial charge in [0, 0.05) is 12.2 Å². The molecule has 0 saturated carbocycles. The van der Waals surface area contributed by atoms with Gasteiger partial charge in [-0.3, -0.25) is 0 Å². The van der Waals surface area contributed by atoms with E-state index in [1.165, 1.54) is 11.9 Å². The Hall–Kier alpha value is -0.490. The zero-order valence-corrected chi connectivity index (χ0v) is 4.53. The standard InChI is InChI=1S/C4H4N2S/c5-3-4-1-2-7-6-4/h1-2H2. The molecule has 1 aliphatic rings. The van der Waals surface area contributed by atoms with Crippen LogP contribution in [-0.2, 0) is 0 Å². The lowest BCUT2D eigenvalue weighted by molar-refractivity contribution is 1.35. The van der Waals surface area contributed by atoms with Gasteiger partial charge in [-0.25, -0.2) is 4.40 Å². The molecule has 0 aromatic rings. The summed E-state index contributed by atoms with van der Waals surface area (Å²) in [5.74, 6) is 0.989. The Kier molecular flexibility index (Phi) is 1.32. The number of nitrogens with zero attached hydrogens (tertiary/aromatic N) is 2. The van der Waals surface area contributed by atoms with Crippen LogP contribution < -0.4 is 0 Å². The molecular weight excluding hydrogens is 108 g/mol. The molecule has 7 heavy (non-hydrogen) atoms. The molecular formula is C4H4N2S. The van der Waals surface area contributed by atoms with Crippen LogP contribution in [-0.4, -0.2) is 11.5 Å². The lowest BCUT2D eigenvalue weighted by atomic mass is 10.3. The molecule has 0 aromatic carbocycles. The predicted molar refractivity (Wildman–Crippen MR) is 30.1 cm³/mol. The Bertz CT molecular complexity index is 133. The molecule has 0 atom stereocenters. The molecule has 3 heteroatoms. The minimum absolute atomic E-state index is 0.685. The quantitative estimate of drug-likeness (QED) is 0.438. The van der Waals surface area contributed by atoms with Crippen molar-refractivity contribution in [1.82, 2.24) is 0 Å². The lowest BCUT2D eigenvalue weighted by Gasteiger charge is -1.71. The average molecular weight is 112 g/mol. The van der Waals surface area contributed by atoms with E-state index in [2.05, 4.69) is 4.40 Å². The van der Waals surface area contributed by atoms with Gasteiger partial charge in [0.2, 0.25) is 0 Å². The van der Waals surface area contributed by atoms with Gasteiger partial charge >= 0.3 is 0 Å². The van der Waals surface area contributed by atoms with Gasteiger partial charge < -0.3 is 0 Å². The van der Waals surface area contributed by atoms with Crippen molar-refractivity contribution < 1.29 is 0 Å². The fraction of sp³-hybridized carbons (Fsp3) is 0.500. The van der Waals surface area contributed by atoms with Gasteiger partial charge in [-0.2, -0.15) is 5.26 Å². The Morgan fingerprint density at radius 2 is 2.71 bits per heavy atom. The first-order chi connectivity index (χ1) is 3.43. The van der Waals surface area contributed by atoms with Gasteiger partial charge in [-0.15, -0.1) is 0 Å². The van der Waals surface area contributed by atoms with Crippen molar-refractivity contribution in [3.05, 3.63) is 0 Å². The van der Waals surface area contributed by atoms with E-state index in [0.717, 1.165) is 12.2 Å². The summed E-state index contributed by atoms with van der Waals surface area (Å²) < 4.78 is 3.83. The zero-order chi connectivity index (χ0) is 5.11. The predicted octanol–water partition coefficient (Wildman–Crippen LogP) is 1.00. The summed E-state index contributed by atoms with van der Waals surface area (Å²) in [6, 6.07) is 1.99. The van der Waals surface area contributed by atoms with Crippen LogP contribution in [0.4, 0.5) is 0 Å². The molecule has 1 rings (SSSR count). The Morgan fingerprint density at radius 3 is 3.00 bits per heavy atom. The average Bonchev–Trinajstić information content (AvgIpc) is 2.14. The van der Waals surface area contributed by atoms with E-state index in [-0.39, 0.29) is 0 Å². The highest BCUT2D eigenvalue weighted by Crippen LogP contribution is 2.13. The fourth-order valence-corrected chi connectivity index (χ4v) is 1.05. The highest BCUT2D eigenvalue weighted by Gasteiger charge is 2.03. The van der Waals surface area contributed by atoms with Gasteiger partial charge in [0.15, 0.2) is 0 Å². The maximum atomic E-state index is 8.17. The van der Waals surface area contributed by atoms with Crippen molar-refractivity contribution in [2.45, 2.75) is 6.42 Å². The molecule has 0 bridgehead atoms. The van der Waals surface area contributed by atoms with Crippen LogP contribution in [0, 0.1) is 11.3 Å². The van der Waals surface area contributed by atoms with Crippen molar-refractivity contribution >= 4 is 17.7 Å². The van der Waals surface area contributed by atoms with Crippen LogP contribution in [0.15, 0.2) is 4.40 Å². The molecule has 36 valence electrons. The largest absolute Gasteiger partial charge is 0.210 e. The number of nitriles is 1. The van der Waals surface area contributed by atoms with Crippen LogP contribution in [0.5, 0.6) is 0 Å². The molecule has 0 aliphatic carbocycles. The summed E-state index contributed by atoms with van der Waals surface area (Å²) in [5, 5.41) is 8.17. The summed E-state index contributed by atoms with van der Waals surface area (Å²) in [6.45, 7) is 0. The highest BCUT2D eigenvalue weighted by atomic mass is 32.2. The number of hydrogen-bond acceptors (Lipinski definition) is 3.